The zero-order valence-corrected chi connectivity index (χ0v) is 9.13. The third-order valence-corrected chi connectivity index (χ3v) is 5.01. The zero-order chi connectivity index (χ0) is 11.0. The van der Waals surface area contributed by atoms with Crippen LogP contribution in [0.2, 0.25) is 0 Å². The maximum Gasteiger partial charge on any atom is 0.233 e. The lowest BCUT2D eigenvalue weighted by Crippen LogP contribution is -2.38. The van der Waals surface area contributed by atoms with Crippen molar-refractivity contribution in [2.45, 2.75) is 37.8 Å². The van der Waals surface area contributed by atoms with Gasteiger partial charge in [-0.05, 0) is 37.5 Å². The number of nitrogens with zero attached hydrogens (tertiary/aromatic N) is 1. The van der Waals surface area contributed by atoms with Crippen LogP contribution in [-0.2, 0) is 9.59 Å². The summed E-state index contributed by atoms with van der Waals surface area (Å²) in [6.07, 6.45) is 3.98. The molecule has 2 bridgehead atoms. The Morgan fingerprint density at radius 1 is 1.06 bits per heavy atom. The second-order valence-electron chi connectivity index (χ2n) is 5.89. The van der Waals surface area contributed by atoms with Gasteiger partial charge in [0.2, 0.25) is 11.8 Å². The van der Waals surface area contributed by atoms with E-state index in [9.17, 15) is 9.59 Å². The normalized spacial score (nSPS) is 50.3. The molecule has 4 fully saturated rings. The summed E-state index contributed by atoms with van der Waals surface area (Å²) >= 11 is 0. The van der Waals surface area contributed by atoms with Crippen LogP contribution in [0.5, 0.6) is 0 Å². The lowest BCUT2D eigenvalue weighted by Gasteiger charge is -2.25. The summed E-state index contributed by atoms with van der Waals surface area (Å²) in [5.41, 5.74) is 6.04. The van der Waals surface area contributed by atoms with E-state index in [0.717, 1.165) is 25.7 Å². The van der Waals surface area contributed by atoms with Gasteiger partial charge in [-0.1, -0.05) is 0 Å². The lowest BCUT2D eigenvalue weighted by atomic mass is 9.79. The molecule has 2 amide bonds. The molecule has 0 aromatic rings. The minimum absolute atomic E-state index is 0.00194. The Balaban J connectivity index is 1.72. The highest BCUT2D eigenvalue weighted by Crippen LogP contribution is 2.56. The first-order chi connectivity index (χ1) is 7.68. The van der Waals surface area contributed by atoms with Crippen molar-refractivity contribution >= 4 is 11.8 Å². The molecule has 0 aromatic heterocycles. The molecule has 0 spiro atoms. The summed E-state index contributed by atoms with van der Waals surface area (Å²) in [5, 5.41) is 0. The third-order valence-electron chi connectivity index (χ3n) is 5.01. The molecule has 4 aliphatic rings. The highest BCUT2D eigenvalue weighted by Gasteiger charge is 2.64. The molecule has 86 valence electrons. The Morgan fingerprint density at radius 3 is 2.44 bits per heavy atom. The van der Waals surface area contributed by atoms with Gasteiger partial charge in [0.1, 0.15) is 0 Å². The van der Waals surface area contributed by atoms with Crippen LogP contribution in [0.3, 0.4) is 0 Å². The Labute approximate surface area is 94.2 Å². The van der Waals surface area contributed by atoms with Gasteiger partial charge >= 0.3 is 0 Å². The van der Waals surface area contributed by atoms with E-state index in [1.807, 2.05) is 0 Å². The van der Waals surface area contributed by atoms with Gasteiger partial charge in [-0.2, -0.15) is 0 Å². The molecule has 16 heavy (non-hydrogen) atoms. The number of likely N-dealkylation sites (tertiary alicyclic amines) is 1. The molecule has 3 saturated carbocycles. The van der Waals surface area contributed by atoms with Crippen LogP contribution in [0.1, 0.15) is 25.7 Å². The van der Waals surface area contributed by atoms with Crippen LogP contribution in [0.4, 0.5) is 0 Å². The van der Waals surface area contributed by atoms with Crippen molar-refractivity contribution in [1.82, 2.24) is 4.90 Å². The number of hydrogen-bond acceptors (Lipinski definition) is 3. The molecule has 4 nitrogen and oxygen atoms in total. The molecule has 5 atom stereocenters. The number of hydrogen-bond donors (Lipinski definition) is 1. The SMILES string of the molecule is NC1CC2CC1C1C(=O)N(C3CC3)C(=O)C21. The number of fused-ring (bicyclic) bond motifs is 5. The van der Waals surface area contributed by atoms with Crippen LogP contribution >= 0.6 is 0 Å². The van der Waals surface area contributed by atoms with Crippen LogP contribution in [0.25, 0.3) is 0 Å². The van der Waals surface area contributed by atoms with E-state index in [0.29, 0.717) is 5.92 Å². The smallest absolute Gasteiger partial charge is 0.233 e. The molecular weight excluding hydrogens is 204 g/mol. The maximum atomic E-state index is 12.3. The molecule has 4 rings (SSSR count). The first-order valence-corrected chi connectivity index (χ1v) is 6.31. The summed E-state index contributed by atoms with van der Waals surface area (Å²) in [5.74, 6) is 0.845. The molecule has 1 heterocycles. The minimum Gasteiger partial charge on any atom is -0.327 e. The molecule has 0 radical (unpaired) electrons. The van der Waals surface area contributed by atoms with Crippen molar-refractivity contribution in [1.29, 1.82) is 0 Å². The predicted octanol–water partition coefficient (Wildman–Crippen LogP) is 0.117. The minimum atomic E-state index is -0.0538. The quantitative estimate of drug-likeness (QED) is 0.638. The Morgan fingerprint density at radius 2 is 1.75 bits per heavy atom. The van der Waals surface area contributed by atoms with Crippen LogP contribution < -0.4 is 5.73 Å². The predicted molar refractivity (Wildman–Crippen MR) is 56.0 cm³/mol. The van der Waals surface area contributed by atoms with Crippen molar-refractivity contribution < 1.29 is 9.59 Å². The highest BCUT2D eigenvalue weighted by atomic mass is 16.2. The summed E-state index contributed by atoms with van der Waals surface area (Å²) in [7, 11) is 0. The van der Waals surface area contributed by atoms with E-state index in [-0.39, 0.29) is 41.7 Å². The van der Waals surface area contributed by atoms with Gasteiger partial charge in [0.25, 0.3) is 0 Å². The van der Waals surface area contributed by atoms with Gasteiger partial charge in [0, 0.05) is 12.1 Å². The first kappa shape index (κ1) is 9.16. The first-order valence-electron chi connectivity index (χ1n) is 6.31. The summed E-state index contributed by atoms with van der Waals surface area (Å²) in [6.45, 7) is 0. The van der Waals surface area contributed by atoms with Gasteiger partial charge < -0.3 is 5.73 Å². The van der Waals surface area contributed by atoms with Gasteiger partial charge in [0.15, 0.2) is 0 Å². The van der Waals surface area contributed by atoms with E-state index in [1.54, 1.807) is 4.90 Å². The molecule has 1 aliphatic heterocycles. The third kappa shape index (κ3) is 0.902. The fourth-order valence-electron chi connectivity index (χ4n) is 4.23. The second kappa shape index (κ2) is 2.67. The van der Waals surface area contributed by atoms with Gasteiger partial charge in [0.05, 0.1) is 11.8 Å². The summed E-state index contributed by atoms with van der Waals surface area (Å²) < 4.78 is 0. The molecule has 3 aliphatic carbocycles. The lowest BCUT2D eigenvalue weighted by molar-refractivity contribution is -0.141. The van der Waals surface area contributed by atoms with E-state index in [2.05, 4.69) is 0 Å². The van der Waals surface area contributed by atoms with Crippen LogP contribution in [0, 0.1) is 23.7 Å². The Kier molecular flexibility index (Phi) is 1.53. The molecule has 1 saturated heterocycles. The number of amides is 2. The standard InChI is InChI=1S/C12H16N2O2/c13-8-4-5-3-7(8)10-9(5)11(15)14(12(10)16)6-1-2-6/h5-10H,1-4,13H2. The number of rotatable bonds is 1. The summed E-state index contributed by atoms with van der Waals surface area (Å²) in [6, 6.07) is 0.392. The van der Waals surface area contributed by atoms with E-state index >= 15 is 0 Å². The van der Waals surface area contributed by atoms with Crippen molar-refractivity contribution in [3.05, 3.63) is 0 Å². The van der Waals surface area contributed by atoms with Gasteiger partial charge in [-0.25, -0.2) is 0 Å². The molecule has 0 aromatic carbocycles. The Hall–Kier alpha value is -0.900. The van der Waals surface area contributed by atoms with Crippen LogP contribution in [-0.4, -0.2) is 28.8 Å². The van der Waals surface area contributed by atoms with Crippen molar-refractivity contribution in [2.24, 2.45) is 29.4 Å². The fraction of sp³-hybridized carbons (Fsp3) is 0.833. The van der Waals surface area contributed by atoms with Crippen molar-refractivity contribution in [2.75, 3.05) is 0 Å². The maximum absolute atomic E-state index is 12.3. The van der Waals surface area contributed by atoms with E-state index in [4.69, 9.17) is 5.73 Å². The Bertz CT molecular complexity index is 390. The monoisotopic (exact) mass is 220 g/mol. The summed E-state index contributed by atoms with van der Waals surface area (Å²) in [4.78, 5) is 26.1. The number of carbonyl (C=O) groups is 2. The average Bonchev–Trinajstić information content (AvgIpc) is 2.82. The van der Waals surface area contributed by atoms with E-state index < -0.39 is 0 Å². The van der Waals surface area contributed by atoms with Gasteiger partial charge in [-0.15, -0.1) is 0 Å². The molecule has 2 N–H and O–H groups in total. The molecular formula is C12H16N2O2. The number of nitrogens with two attached hydrogens (primary N) is 1. The highest BCUT2D eigenvalue weighted by molar-refractivity contribution is 6.06. The van der Waals surface area contributed by atoms with Crippen molar-refractivity contribution in [3.8, 4) is 0 Å². The van der Waals surface area contributed by atoms with E-state index in [1.165, 1.54) is 0 Å². The second-order valence-corrected chi connectivity index (χ2v) is 5.89. The zero-order valence-electron chi connectivity index (χ0n) is 9.13. The number of carbonyl (C=O) groups excluding carboxylic acids is 2. The fourth-order valence-corrected chi connectivity index (χ4v) is 4.23. The topological polar surface area (TPSA) is 63.4 Å². The molecule has 5 unspecified atom stereocenters. The largest absolute Gasteiger partial charge is 0.327 e. The van der Waals surface area contributed by atoms with Crippen LogP contribution in [0.15, 0.2) is 0 Å². The average molecular weight is 220 g/mol. The van der Waals surface area contributed by atoms with Crippen molar-refractivity contribution in [3.63, 3.8) is 0 Å². The van der Waals surface area contributed by atoms with Gasteiger partial charge in [-0.3, -0.25) is 14.5 Å². The number of imide groups is 1. The molecule has 4 heteroatoms.